The van der Waals surface area contributed by atoms with E-state index < -0.39 is 0 Å². The molecular formula is C18H16BrN5O2. The molecule has 1 aliphatic rings. The number of nitrogens with zero attached hydrogens (tertiary/aromatic N) is 5. The zero-order valence-corrected chi connectivity index (χ0v) is 15.4. The molecule has 7 nitrogen and oxygen atoms in total. The van der Waals surface area contributed by atoms with Gasteiger partial charge in [-0.2, -0.15) is 9.90 Å². The number of amides is 1. The van der Waals surface area contributed by atoms with E-state index in [1.807, 2.05) is 42.5 Å². The third-order valence-electron chi connectivity index (χ3n) is 4.13. The van der Waals surface area contributed by atoms with Crippen LogP contribution < -0.4 is 4.74 Å². The molecule has 1 amide bonds. The summed E-state index contributed by atoms with van der Waals surface area (Å²) < 4.78 is 6.71. The Morgan fingerprint density at radius 3 is 2.85 bits per heavy atom. The quantitative estimate of drug-likeness (QED) is 0.657. The molecule has 0 radical (unpaired) electrons. The zero-order chi connectivity index (χ0) is 17.9. The molecule has 4 rings (SSSR count). The first-order valence-electron chi connectivity index (χ1n) is 8.25. The second-order valence-electron chi connectivity index (χ2n) is 5.92. The molecule has 3 aromatic rings. The van der Waals surface area contributed by atoms with Crippen molar-refractivity contribution < 1.29 is 9.53 Å². The van der Waals surface area contributed by atoms with Crippen molar-refractivity contribution in [1.29, 1.82) is 0 Å². The zero-order valence-electron chi connectivity index (χ0n) is 13.8. The van der Waals surface area contributed by atoms with E-state index in [2.05, 4.69) is 31.1 Å². The molecule has 1 unspecified atom stereocenters. The highest BCUT2D eigenvalue weighted by atomic mass is 79.9. The van der Waals surface area contributed by atoms with Crippen LogP contribution in [0.3, 0.4) is 0 Å². The van der Waals surface area contributed by atoms with Crippen molar-refractivity contribution in [2.45, 2.75) is 12.5 Å². The molecule has 3 heterocycles. The lowest BCUT2D eigenvalue weighted by molar-refractivity contribution is 0.0764. The summed E-state index contributed by atoms with van der Waals surface area (Å²) in [6.07, 6.45) is 3.84. The van der Waals surface area contributed by atoms with Gasteiger partial charge in [-0.05, 0) is 40.2 Å². The minimum atomic E-state index is -0.140. The van der Waals surface area contributed by atoms with Crippen LogP contribution in [0.1, 0.15) is 16.9 Å². The smallest absolute Gasteiger partial charge is 0.276 e. The third kappa shape index (κ3) is 3.45. The number of para-hydroxylation sites is 1. The second kappa shape index (κ2) is 7.25. The topological polar surface area (TPSA) is 73.1 Å². The Kier molecular flexibility index (Phi) is 4.66. The molecule has 1 aromatic carbocycles. The summed E-state index contributed by atoms with van der Waals surface area (Å²) in [6, 6.07) is 13.2. The van der Waals surface area contributed by atoms with Crippen molar-refractivity contribution in [3.05, 3.63) is 65.0 Å². The van der Waals surface area contributed by atoms with Gasteiger partial charge in [0.25, 0.3) is 5.91 Å². The number of benzene rings is 1. The Hall–Kier alpha value is -2.74. The van der Waals surface area contributed by atoms with Gasteiger partial charge in [0.1, 0.15) is 6.10 Å². The summed E-state index contributed by atoms with van der Waals surface area (Å²) in [5.74, 6) is 0.403. The molecule has 0 N–H and O–H groups in total. The number of ether oxygens (including phenoxy) is 1. The number of likely N-dealkylation sites (tertiary alicyclic amines) is 1. The number of rotatable bonds is 4. The number of hydrogen-bond acceptors (Lipinski definition) is 5. The highest BCUT2D eigenvalue weighted by Crippen LogP contribution is 2.25. The Morgan fingerprint density at radius 1 is 1.19 bits per heavy atom. The summed E-state index contributed by atoms with van der Waals surface area (Å²) in [5, 5.41) is 8.49. The van der Waals surface area contributed by atoms with Crippen LogP contribution in [0.5, 0.6) is 5.88 Å². The van der Waals surface area contributed by atoms with E-state index in [1.165, 1.54) is 11.0 Å². The molecular weight excluding hydrogens is 398 g/mol. The standard InChI is InChI=1S/C18H16BrN5O2/c19-15-7-4-9-20-17(15)26-14-8-10-23(12-14)18(25)16-11-21-24(22-16)13-5-2-1-3-6-13/h1-7,9,11,14H,8,10,12H2. The van der Waals surface area contributed by atoms with E-state index in [9.17, 15) is 4.79 Å². The first-order chi connectivity index (χ1) is 12.7. The van der Waals surface area contributed by atoms with Crippen LogP contribution in [0.15, 0.2) is 59.3 Å². The third-order valence-corrected chi connectivity index (χ3v) is 4.74. The van der Waals surface area contributed by atoms with Gasteiger partial charge < -0.3 is 9.64 Å². The van der Waals surface area contributed by atoms with Gasteiger partial charge in [0, 0.05) is 19.2 Å². The van der Waals surface area contributed by atoms with E-state index in [0.29, 0.717) is 24.7 Å². The number of carbonyl (C=O) groups excluding carboxylic acids is 1. The predicted octanol–water partition coefficient (Wildman–Crippen LogP) is 2.72. The van der Waals surface area contributed by atoms with Crippen molar-refractivity contribution in [2.24, 2.45) is 0 Å². The fourth-order valence-corrected chi connectivity index (χ4v) is 3.18. The van der Waals surface area contributed by atoms with Gasteiger partial charge in [-0.15, -0.1) is 5.10 Å². The predicted molar refractivity (Wildman–Crippen MR) is 98.2 cm³/mol. The Labute approximate surface area is 158 Å². The van der Waals surface area contributed by atoms with E-state index in [1.54, 1.807) is 11.1 Å². The van der Waals surface area contributed by atoms with E-state index in [4.69, 9.17) is 4.74 Å². The molecule has 1 fully saturated rings. The molecule has 0 bridgehead atoms. The monoisotopic (exact) mass is 413 g/mol. The molecule has 132 valence electrons. The fraction of sp³-hybridized carbons (Fsp3) is 0.222. The van der Waals surface area contributed by atoms with Crippen molar-refractivity contribution in [3.63, 3.8) is 0 Å². The van der Waals surface area contributed by atoms with Gasteiger partial charge in [-0.3, -0.25) is 4.79 Å². The Balaban J connectivity index is 1.42. The SMILES string of the molecule is O=C(c1cnn(-c2ccccc2)n1)N1CCC(Oc2ncccc2Br)C1. The van der Waals surface area contributed by atoms with Crippen molar-refractivity contribution in [2.75, 3.05) is 13.1 Å². The summed E-state index contributed by atoms with van der Waals surface area (Å²) in [5.41, 5.74) is 1.14. The molecule has 0 aliphatic carbocycles. The average molecular weight is 414 g/mol. The highest BCUT2D eigenvalue weighted by molar-refractivity contribution is 9.10. The number of halogens is 1. The van der Waals surface area contributed by atoms with Crippen LogP contribution >= 0.6 is 15.9 Å². The van der Waals surface area contributed by atoms with Gasteiger partial charge >= 0.3 is 0 Å². The van der Waals surface area contributed by atoms with Crippen molar-refractivity contribution >= 4 is 21.8 Å². The molecule has 1 atom stereocenters. The summed E-state index contributed by atoms with van der Waals surface area (Å²) in [7, 11) is 0. The average Bonchev–Trinajstić information content (AvgIpc) is 3.34. The number of carbonyl (C=O) groups is 1. The first-order valence-corrected chi connectivity index (χ1v) is 9.04. The van der Waals surface area contributed by atoms with Crippen LogP contribution in [0.25, 0.3) is 5.69 Å². The van der Waals surface area contributed by atoms with Crippen LogP contribution in [-0.2, 0) is 0 Å². The number of aromatic nitrogens is 4. The van der Waals surface area contributed by atoms with Gasteiger partial charge in [-0.25, -0.2) is 4.98 Å². The van der Waals surface area contributed by atoms with Gasteiger partial charge in [0.15, 0.2) is 5.69 Å². The highest BCUT2D eigenvalue weighted by Gasteiger charge is 2.30. The summed E-state index contributed by atoms with van der Waals surface area (Å²) in [4.78, 5) is 20.1. The maximum Gasteiger partial charge on any atom is 0.276 e. The van der Waals surface area contributed by atoms with E-state index in [0.717, 1.165) is 16.6 Å². The molecule has 26 heavy (non-hydrogen) atoms. The van der Waals surface area contributed by atoms with Gasteiger partial charge in [-0.1, -0.05) is 18.2 Å². The lowest BCUT2D eigenvalue weighted by Gasteiger charge is -2.16. The van der Waals surface area contributed by atoms with Crippen LogP contribution in [0.2, 0.25) is 0 Å². The lowest BCUT2D eigenvalue weighted by Crippen LogP contribution is -2.31. The number of pyridine rings is 1. The minimum absolute atomic E-state index is 0.0886. The fourth-order valence-electron chi connectivity index (χ4n) is 2.83. The Bertz CT molecular complexity index is 915. The lowest BCUT2D eigenvalue weighted by atomic mass is 10.3. The Morgan fingerprint density at radius 2 is 2.04 bits per heavy atom. The van der Waals surface area contributed by atoms with E-state index in [-0.39, 0.29) is 12.0 Å². The molecule has 1 aliphatic heterocycles. The number of hydrogen-bond donors (Lipinski definition) is 0. The molecule has 1 saturated heterocycles. The van der Waals surface area contributed by atoms with Crippen LogP contribution in [0, 0.1) is 0 Å². The van der Waals surface area contributed by atoms with E-state index >= 15 is 0 Å². The molecule has 0 saturated carbocycles. The summed E-state index contributed by atoms with van der Waals surface area (Å²) in [6.45, 7) is 1.12. The first kappa shape index (κ1) is 16.7. The van der Waals surface area contributed by atoms with Crippen molar-refractivity contribution in [1.82, 2.24) is 24.9 Å². The molecule has 8 heteroatoms. The second-order valence-corrected chi connectivity index (χ2v) is 6.78. The van der Waals surface area contributed by atoms with Crippen LogP contribution in [-0.4, -0.2) is 50.0 Å². The van der Waals surface area contributed by atoms with Crippen LogP contribution in [0.4, 0.5) is 0 Å². The summed E-state index contributed by atoms with van der Waals surface area (Å²) >= 11 is 3.42. The molecule has 0 spiro atoms. The van der Waals surface area contributed by atoms with Gasteiger partial charge in [0.05, 0.1) is 22.9 Å². The normalized spacial score (nSPS) is 16.7. The van der Waals surface area contributed by atoms with Gasteiger partial charge in [0.2, 0.25) is 5.88 Å². The minimum Gasteiger partial charge on any atom is -0.472 e. The maximum atomic E-state index is 12.7. The molecule has 2 aromatic heterocycles. The largest absolute Gasteiger partial charge is 0.472 e. The van der Waals surface area contributed by atoms with Crippen molar-refractivity contribution in [3.8, 4) is 11.6 Å². The maximum absolute atomic E-state index is 12.7.